The fourth-order valence-electron chi connectivity index (χ4n) is 2.68. The van der Waals surface area contributed by atoms with Gasteiger partial charge in [0.15, 0.2) is 5.13 Å². The Morgan fingerprint density at radius 1 is 1.32 bits per heavy atom. The molecule has 0 radical (unpaired) electrons. The zero-order chi connectivity index (χ0) is 17.8. The summed E-state index contributed by atoms with van der Waals surface area (Å²) in [5, 5.41) is 4.32. The Hall–Kier alpha value is -1.63. The van der Waals surface area contributed by atoms with Crippen molar-refractivity contribution in [2.75, 3.05) is 18.4 Å². The molecule has 25 heavy (non-hydrogen) atoms. The summed E-state index contributed by atoms with van der Waals surface area (Å²) in [5.74, 6) is -0.186. The first kappa shape index (κ1) is 18.2. The maximum atomic E-state index is 12.1. The standard InChI is InChI=1S/C17H17Cl2N3O2S/c18-13-5-3-4-11(16(13)19)8-12-9-20-17(25-12)21-14(23)10-22-7-2-1-6-15(22)24/h3-5,9H,1-2,6-8,10H2,(H,20,21,23). The lowest BCUT2D eigenvalue weighted by atomic mass is 10.1. The van der Waals surface area contributed by atoms with Crippen LogP contribution in [-0.4, -0.2) is 34.8 Å². The molecule has 3 rings (SSSR count). The van der Waals surface area contributed by atoms with Crippen LogP contribution in [0.25, 0.3) is 0 Å². The number of nitrogens with one attached hydrogen (secondary N) is 1. The zero-order valence-electron chi connectivity index (χ0n) is 13.4. The summed E-state index contributed by atoms with van der Waals surface area (Å²) in [7, 11) is 0. The molecule has 0 spiro atoms. The summed E-state index contributed by atoms with van der Waals surface area (Å²) in [6, 6.07) is 5.50. The van der Waals surface area contributed by atoms with Gasteiger partial charge in [0.05, 0.1) is 16.6 Å². The third kappa shape index (κ3) is 4.71. The first-order valence-corrected chi connectivity index (χ1v) is 9.55. The van der Waals surface area contributed by atoms with E-state index in [0.717, 1.165) is 23.3 Å². The second-order valence-corrected chi connectivity index (χ2v) is 7.74. The van der Waals surface area contributed by atoms with Crippen LogP contribution in [0, 0.1) is 0 Å². The highest BCUT2D eigenvalue weighted by Gasteiger charge is 2.20. The minimum atomic E-state index is -0.225. The van der Waals surface area contributed by atoms with E-state index in [-0.39, 0.29) is 18.4 Å². The Bertz CT molecular complexity index is 794. The van der Waals surface area contributed by atoms with Crippen LogP contribution in [0.3, 0.4) is 0 Å². The molecular weight excluding hydrogens is 381 g/mol. The van der Waals surface area contributed by atoms with Crippen molar-refractivity contribution in [2.24, 2.45) is 0 Å². The molecule has 1 aromatic heterocycles. The molecule has 0 saturated carbocycles. The van der Waals surface area contributed by atoms with Gasteiger partial charge in [-0.2, -0.15) is 0 Å². The van der Waals surface area contributed by atoms with Crippen molar-refractivity contribution in [1.29, 1.82) is 0 Å². The Morgan fingerprint density at radius 3 is 2.96 bits per heavy atom. The van der Waals surface area contributed by atoms with Crippen LogP contribution in [0.5, 0.6) is 0 Å². The predicted octanol–water partition coefficient (Wildman–Crippen LogP) is 3.99. The number of benzene rings is 1. The molecule has 0 atom stereocenters. The summed E-state index contributed by atoms with van der Waals surface area (Å²) in [6.45, 7) is 0.719. The molecule has 2 aromatic rings. The van der Waals surface area contributed by atoms with Gasteiger partial charge in [0, 0.05) is 30.5 Å². The molecule has 8 heteroatoms. The summed E-state index contributed by atoms with van der Waals surface area (Å²) in [6.07, 6.45) is 4.68. The van der Waals surface area contributed by atoms with Crippen molar-refractivity contribution < 1.29 is 9.59 Å². The Kier molecular flexibility index (Phi) is 5.93. The van der Waals surface area contributed by atoms with Crippen LogP contribution in [0.2, 0.25) is 10.0 Å². The number of thiazole rings is 1. The van der Waals surface area contributed by atoms with E-state index < -0.39 is 0 Å². The molecule has 2 amide bonds. The molecule has 1 fully saturated rings. The van der Waals surface area contributed by atoms with Crippen LogP contribution < -0.4 is 5.32 Å². The number of rotatable bonds is 5. The van der Waals surface area contributed by atoms with E-state index in [9.17, 15) is 9.59 Å². The van der Waals surface area contributed by atoms with Crippen molar-refractivity contribution in [2.45, 2.75) is 25.7 Å². The number of anilines is 1. The quantitative estimate of drug-likeness (QED) is 0.829. The van der Waals surface area contributed by atoms with Gasteiger partial charge in [-0.05, 0) is 24.5 Å². The monoisotopic (exact) mass is 397 g/mol. The van der Waals surface area contributed by atoms with Crippen LogP contribution in [0.1, 0.15) is 29.7 Å². The molecule has 1 saturated heterocycles. The highest BCUT2D eigenvalue weighted by Crippen LogP contribution is 2.29. The van der Waals surface area contributed by atoms with E-state index in [0.29, 0.717) is 34.6 Å². The highest BCUT2D eigenvalue weighted by molar-refractivity contribution is 7.15. The number of carbonyl (C=O) groups excluding carboxylic acids is 2. The van der Waals surface area contributed by atoms with Gasteiger partial charge in [-0.25, -0.2) is 4.98 Å². The fourth-order valence-corrected chi connectivity index (χ4v) is 3.92. The maximum absolute atomic E-state index is 12.1. The Morgan fingerprint density at radius 2 is 2.16 bits per heavy atom. The highest BCUT2D eigenvalue weighted by atomic mass is 35.5. The van der Waals surface area contributed by atoms with Gasteiger partial charge >= 0.3 is 0 Å². The van der Waals surface area contributed by atoms with Crippen molar-refractivity contribution in [3.63, 3.8) is 0 Å². The lowest BCUT2D eigenvalue weighted by molar-refractivity contribution is -0.136. The number of piperidine rings is 1. The number of nitrogens with zero attached hydrogens (tertiary/aromatic N) is 2. The van der Waals surface area contributed by atoms with Crippen molar-refractivity contribution in [3.05, 3.63) is 44.9 Å². The van der Waals surface area contributed by atoms with E-state index in [1.165, 1.54) is 11.3 Å². The molecule has 0 unspecified atom stereocenters. The summed E-state index contributed by atoms with van der Waals surface area (Å²) < 4.78 is 0. The molecule has 1 aliphatic rings. The van der Waals surface area contributed by atoms with E-state index in [1.54, 1.807) is 17.2 Å². The molecular formula is C17H17Cl2N3O2S. The molecule has 2 heterocycles. The molecule has 1 aromatic carbocycles. The minimum Gasteiger partial charge on any atom is -0.333 e. The topological polar surface area (TPSA) is 62.3 Å². The van der Waals surface area contributed by atoms with Crippen molar-refractivity contribution >= 4 is 51.5 Å². The smallest absolute Gasteiger partial charge is 0.245 e. The molecule has 132 valence electrons. The van der Waals surface area contributed by atoms with Crippen LogP contribution in [0.4, 0.5) is 5.13 Å². The predicted molar refractivity (Wildman–Crippen MR) is 100 cm³/mol. The number of hydrogen-bond acceptors (Lipinski definition) is 4. The Balaban J connectivity index is 1.58. The third-order valence-electron chi connectivity index (χ3n) is 3.95. The van der Waals surface area contributed by atoms with Crippen molar-refractivity contribution in [1.82, 2.24) is 9.88 Å². The maximum Gasteiger partial charge on any atom is 0.245 e. The first-order valence-electron chi connectivity index (χ1n) is 7.98. The number of likely N-dealkylation sites (tertiary alicyclic amines) is 1. The average Bonchev–Trinajstić information content (AvgIpc) is 3.01. The summed E-state index contributed by atoms with van der Waals surface area (Å²) >= 11 is 13.6. The van der Waals surface area contributed by atoms with Gasteiger partial charge in [-0.3, -0.25) is 9.59 Å². The van der Waals surface area contributed by atoms with E-state index >= 15 is 0 Å². The lowest BCUT2D eigenvalue weighted by Gasteiger charge is -2.25. The lowest BCUT2D eigenvalue weighted by Crippen LogP contribution is -2.40. The van der Waals surface area contributed by atoms with Crippen LogP contribution in [-0.2, 0) is 16.0 Å². The molecule has 1 N–H and O–H groups in total. The average molecular weight is 398 g/mol. The van der Waals surface area contributed by atoms with Crippen molar-refractivity contribution in [3.8, 4) is 0 Å². The molecule has 0 aliphatic carbocycles. The SMILES string of the molecule is O=C(CN1CCCCC1=O)Nc1ncc(Cc2cccc(Cl)c2Cl)s1. The molecule has 1 aliphatic heterocycles. The molecule has 5 nitrogen and oxygen atoms in total. The normalized spacial score (nSPS) is 14.6. The van der Waals surface area contributed by atoms with E-state index in [1.807, 2.05) is 12.1 Å². The Labute approximate surface area is 160 Å². The van der Waals surface area contributed by atoms with E-state index in [4.69, 9.17) is 23.2 Å². The number of hydrogen-bond donors (Lipinski definition) is 1. The summed E-state index contributed by atoms with van der Waals surface area (Å²) in [5.41, 5.74) is 0.912. The van der Waals surface area contributed by atoms with Crippen LogP contribution in [0.15, 0.2) is 24.4 Å². The van der Waals surface area contributed by atoms with Crippen LogP contribution >= 0.6 is 34.5 Å². The molecule has 0 bridgehead atoms. The third-order valence-corrected chi connectivity index (χ3v) is 5.72. The first-order chi connectivity index (χ1) is 12.0. The van der Waals surface area contributed by atoms with Gasteiger partial charge in [-0.1, -0.05) is 35.3 Å². The number of carbonyl (C=O) groups is 2. The second kappa shape index (κ2) is 8.17. The minimum absolute atomic E-state index is 0.0387. The largest absolute Gasteiger partial charge is 0.333 e. The van der Waals surface area contributed by atoms with Gasteiger partial charge in [0.25, 0.3) is 0 Å². The summed E-state index contributed by atoms with van der Waals surface area (Å²) in [4.78, 5) is 30.7. The number of amides is 2. The van der Waals surface area contributed by atoms with Gasteiger partial charge < -0.3 is 10.2 Å². The number of halogens is 2. The number of aromatic nitrogens is 1. The van der Waals surface area contributed by atoms with Gasteiger partial charge in [0.2, 0.25) is 11.8 Å². The fraction of sp³-hybridized carbons (Fsp3) is 0.353. The van der Waals surface area contributed by atoms with Gasteiger partial charge in [-0.15, -0.1) is 11.3 Å². The second-order valence-electron chi connectivity index (χ2n) is 5.84. The van der Waals surface area contributed by atoms with Gasteiger partial charge in [0.1, 0.15) is 0 Å². The van der Waals surface area contributed by atoms with E-state index in [2.05, 4.69) is 10.3 Å². The zero-order valence-corrected chi connectivity index (χ0v) is 15.8.